The van der Waals surface area contributed by atoms with E-state index in [9.17, 15) is 4.39 Å². The van der Waals surface area contributed by atoms with E-state index in [2.05, 4.69) is 220 Å². The van der Waals surface area contributed by atoms with Crippen molar-refractivity contribution in [1.29, 1.82) is 0 Å². The molecule has 0 aliphatic heterocycles. The van der Waals surface area contributed by atoms with E-state index < -0.39 is 5.41 Å². The molecule has 0 N–H and O–H groups in total. The van der Waals surface area contributed by atoms with E-state index >= 15 is 0 Å². The van der Waals surface area contributed by atoms with Crippen LogP contribution in [-0.2, 0) is 5.41 Å². The monoisotopic (exact) mass is 831 g/mol. The minimum absolute atomic E-state index is 0.255. The molecule has 12 aromatic rings. The second-order valence-corrected chi connectivity index (χ2v) is 17.4. The Kier molecular flexibility index (Phi) is 7.50. The second kappa shape index (κ2) is 13.5. The summed E-state index contributed by atoms with van der Waals surface area (Å²) in [6, 6.07) is 82.6. The Morgan fingerprint density at radius 1 is 0.308 bits per heavy atom. The molecule has 0 saturated heterocycles. The maximum Gasteiger partial charge on any atom is 0.123 e. The number of anilines is 3. The number of para-hydroxylation sites is 3. The van der Waals surface area contributed by atoms with E-state index in [-0.39, 0.29) is 5.82 Å². The molecule has 65 heavy (non-hydrogen) atoms. The van der Waals surface area contributed by atoms with Gasteiger partial charge in [0, 0.05) is 50.0 Å². The molecule has 10 aromatic carbocycles. The molecule has 1 spiro atoms. The molecule has 2 aromatic heterocycles. The largest absolute Gasteiger partial charge is 0.310 e. The summed E-state index contributed by atoms with van der Waals surface area (Å²) in [6.07, 6.45) is 0. The molecule has 0 atom stereocenters. The maximum atomic E-state index is 14.4. The summed E-state index contributed by atoms with van der Waals surface area (Å²) in [5, 5.41) is 4.66. The van der Waals surface area contributed by atoms with Crippen molar-refractivity contribution >= 4 is 60.7 Å². The molecule has 3 nitrogen and oxygen atoms in total. The third-order valence-corrected chi connectivity index (χ3v) is 14.2. The highest BCUT2D eigenvalue weighted by Gasteiger charge is 2.51. The quantitative estimate of drug-likeness (QED) is 0.168. The van der Waals surface area contributed by atoms with E-state index in [1.165, 1.54) is 60.8 Å². The zero-order chi connectivity index (χ0) is 42.8. The molecular weight excluding hydrogens is 794 g/mol. The van der Waals surface area contributed by atoms with Gasteiger partial charge in [-0.15, -0.1) is 0 Å². The summed E-state index contributed by atoms with van der Waals surface area (Å²) >= 11 is 0. The zero-order valence-corrected chi connectivity index (χ0v) is 35.2. The number of halogens is 1. The van der Waals surface area contributed by atoms with Gasteiger partial charge in [0.15, 0.2) is 0 Å². The van der Waals surface area contributed by atoms with Crippen LogP contribution in [0.1, 0.15) is 22.3 Å². The van der Waals surface area contributed by atoms with Crippen LogP contribution in [0.2, 0.25) is 0 Å². The topological polar surface area (TPSA) is 13.1 Å². The number of benzene rings is 10. The van der Waals surface area contributed by atoms with Gasteiger partial charge in [0.05, 0.1) is 27.5 Å². The van der Waals surface area contributed by atoms with Crippen molar-refractivity contribution in [2.45, 2.75) is 5.41 Å². The lowest BCUT2D eigenvalue weighted by Gasteiger charge is -2.32. The van der Waals surface area contributed by atoms with Gasteiger partial charge in [-0.3, -0.25) is 0 Å². The lowest BCUT2D eigenvalue weighted by molar-refractivity contribution is 0.627. The Hall–Kier alpha value is -8.47. The van der Waals surface area contributed by atoms with Gasteiger partial charge in [-0.25, -0.2) is 4.39 Å². The molecule has 4 heteroatoms. The normalized spacial score (nSPS) is 13.1. The highest BCUT2D eigenvalue weighted by Crippen LogP contribution is 2.63. The highest BCUT2D eigenvalue weighted by atomic mass is 19.1. The maximum absolute atomic E-state index is 14.4. The van der Waals surface area contributed by atoms with Gasteiger partial charge in [0.1, 0.15) is 5.82 Å². The summed E-state index contributed by atoms with van der Waals surface area (Å²) in [5.41, 5.74) is 19.4. The van der Waals surface area contributed by atoms with Crippen LogP contribution in [0, 0.1) is 5.82 Å². The average Bonchev–Trinajstić information content (AvgIpc) is 4.06. The van der Waals surface area contributed by atoms with Gasteiger partial charge in [-0.05, 0) is 136 Å². The van der Waals surface area contributed by atoms with Gasteiger partial charge in [-0.1, -0.05) is 140 Å². The summed E-state index contributed by atoms with van der Waals surface area (Å²) in [4.78, 5) is 2.43. The summed E-state index contributed by atoms with van der Waals surface area (Å²) in [5.74, 6) is -0.255. The van der Waals surface area contributed by atoms with Gasteiger partial charge in [-0.2, -0.15) is 0 Å². The minimum Gasteiger partial charge on any atom is -0.310 e. The van der Waals surface area contributed by atoms with Crippen LogP contribution in [0.25, 0.3) is 77.2 Å². The predicted molar refractivity (Wildman–Crippen MR) is 266 cm³/mol. The van der Waals surface area contributed by atoms with Crippen LogP contribution in [0.3, 0.4) is 0 Å². The van der Waals surface area contributed by atoms with Crippen LogP contribution in [0.5, 0.6) is 0 Å². The number of aromatic nitrogens is 2. The van der Waals surface area contributed by atoms with Crippen molar-refractivity contribution in [2.24, 2.45) is 0 Å². The van der Waals surface area contributed by atoms with E-state index in [0.29, 0.717) is 0 Å². The molecule has 0 bridgehead atoms. The first-order valence-electron chi connectivity index (χ1n) is 22.3. The molecule has 304 valence electrons. The van der Waals surface area contributed by atoms with Crippen molar-refractivity contribution < 1.29 is 4.39 Å². The fraction of sp³-hybridized carbons (Fsp3) is 0.0164. The molecule has 2 aliphatic rings. The van der Waals surface area contributed by atoms with Crippen molar-refractivity contribution in [3.63, 3.8) is 0 Å². The lowest BCUT2D eigenvalue weighted by Crippen LogP contribution is -2.26. The number of rotatable bonds is 5. The molecule has 0 amide bonds. The Labute approximate surface area is 375 Å². The van der Waals surface area contributed by atoms with Crippen molar-refractivity contribution in [2.75, 3.05) is 4.90 Å². The first kappa shape index (κ1) is 36.1. The minimum atomic E-state index is -0.493. The Morgan fingerprint density at radius 3 is 1.42 bits per heavy atom. The zero-order valence-electron chi connectivity index (χ0n) is 35.2. The molecule has 0 saturated carbocycles. The van der Waals surface area contributed by atoms with Crippen LogP contribution in [0.15, 0.2) is 231 Å². The molecular formula is C61H38FN3. The van der Waals surface area contributed by atoms with Crippen molar-refractivity contribution in [3.8, 4) is 33.6 Å². The van der Waals surface area contributed by atoms with Crippen LogP contribution < -0.4 is 4.90 Å². The van der Waals surface area contributed by atoms with Gasteiger partial charge in [0.25, 0.3) is 0 Å². The summed E-state index contributed by atoms with van der Waals surface area (Å²) in [7, 11) is 0. The Balaban J connectivity index is 1.06. The van der Waals surface area contributed by atoms with E-state index in [0.717, 1.165) is 55.8 Å². The fourth-order valence-electron chi connectivity index (χ4n) is 11.6. The summed E-state index contributed by atoms with van der Waals surface area (Å²) < 4.78 is 19.1. The van der Waals surface area contributed by atoms with Crippen LogP contribution >= 0.6 is 0 Å². The summed E-state index contributed by atoms with van der Waals surface area (Å²) in [6.45, 7) is 0. The van der Waals surface area contributed by atoms with Gasteiger partial charge >= 0.3 is 0 Å². The molecule has 0 fully saturated rings. The third kappa shape index (κ3) is 4.94. The van der Waals surface area contributed by atoms with Crippen molar-refractivity contribution in [3.05, 3.63) is 259 Å². The van der Waals surface area contributed by atoms with Crippen LogP contribution in [-0.4, -0.2) is 9.13 Å². The number of nitrogens with zero attached hydrogens (tertiary/aromatic N) is 3. The third-order valence-electron chi connectivity index (χ3n) is 14.2. The number of hydrogen-bond donors (Lipinski definition) is 0. The first-order valence-corrected chi connectivity index (χ1v) is 22.3. The fourth-order valence-corrected chi connectivity index (χ4v) is 11.6. The molecule has 0 radical (unpaired) electrons. The van der Waals surface area contributed by atoms with Gasteiger partial charge < -0.3 is 14.0 Å². The molecule has 0 unspecified atom stereocenters. The average molecular weight is 832 g/mol. The lowest BCUT2D eigenvalue weighted by atomic mass is 9.70. The van der Waals surface area contributed by atoms with E-state index in [1.807, 2.05) is 12.1 Å². The number of fused-ring (bicyclic) bond motifs is 16. The molecule has 2 aliphatic carbocycles. The second-order valence-electron chi connectivity index (χ2n) is 17.4. The molecule has 2 heterocycles. The predicted octanol–water partition coefficient (Wildman–Crippen LogP) is 15.8. The van der Waals surface area contributed by atoms with Gasteiger partial charge in [0.2, 0.25) is 0 Å². The first-order chi connectivity index (χ1) is 32.2. The number of hydrogen-bond acceptors (Lipinski definition) is 1. The van der Waals surface area contributed by atoms with Crippen molar-refractivity contribution in [1.82, 2.24) is 9.13 Å². The smallest absolute Gasteiger partial charge is 0.123 e. The standard InChI is InChI=1S/C61H38FN3/c62-39-26-28-41(29-27-39)65-57-24-12-7-19-49(57)51-34-31-44(38-60(51)65)63(42-32-35-59-52(36-42)50-20-8-13-25-58(50)64(59)40-14-2-1-3-15-40)43-30-33-48-47-18-6-11-23-55(47)61(56(48)37-43)53-21-9-4-16-45(53)46-17-5-10-22-54(46)61/h1-38H. The SMILES string of the molecule is Fc1ccc(-n2c3ccccc3c3ccc(N(c4ccc5c(c4)C4(c6ccccc6-c6ccccc64)c4ccccc4-5)c4ccc5c(c4)c4ccccc4n5-c4ccccc4)cc32)cc1. The van der Waals surface area contributed by atoms with E-state index in [1.54, 1.807) is 12.1 Å². The molecule has 14 rings (SSSR count). The van der Waals surface area contributed by atoms with Crippen LogP contribution in [0.4, 0.5) is 21.5 Å². The Bertz CT molecular complexity index is 3850. The Morgan fingerprint density at radius 2 is 0.754 bits per heavy atom. The van der Waals surface area contributed by atoms with E-state index in [4.69, 9.17) is 0 Å². The highest BCUT2D eigenvalue weighted by molar-refractivity contribution is 6.12.